The highest BCUT2D eigenvalue weighted by Gasteiger charge is 2.45. The van der Waals surface area contributed by atoms with Crippen molar-refractivity contribution >= 4 is 23.3 Å². The topological polar surface area (TPSA) is 108 Å². The van der Waals surface area contributed by atoms with Crippen molar-refractivity contribution in [3.05, 3.63) is 29.3 Å². The molecule has 2 saturated carbocycles. The highest BCUT2D eigenvalue weighted by molar-refractivity contribution is 5.65. The molecule has 32 heavy (non-hydrogen) atoms. The van der Waals surface area contributed by atoms with Gasteiger partial charge in [0.1, 0.15) is 11.5 Å². The minimum atomic E-state index is -0.643. The highest BCUT2D eigenvalue weighted by Crippen LogP contribution is 2.47. The number of ether oxygens (including phenoxy) is 1. The fourth-order valence-corrected chi connectivity index (χ4v) is 5.81. The third-order valence-electron chi connectivity index (χ3n) is 6.93. The van der Waals surface area contributed by atoms with Crippen molar-refractivity contribution in [2.45, 2.75) is 64.5 Å². The predicted molar refractivity (Wildman–Crippen MR) is 120 cm³/mol. The predicted octanol–water partition coefficient (Wildman–Crippen LogP) is 4.14. The molecule has 2 aromatic heterocycles. The first-order valence-corrected chi connectivity index (χ1v) is 11.5. The first kappa shape index (κ1) is 21.2. The number of H-pyrrole nitrogens is 1. The van der Waals surface area contributed by atoms with Gasteiger partial charge in [-0.25, -0.2) is 9.37 Å². The van der Waals surface area contributed by atoms with Crippen LogP contribution in [0.3, 0.4) is 0 Å². The van der Waals surface area contributed by atoms with E-state index in [0.29, 0.717) is 41.9 Å². The zero-order valence-electron chi connectivity index (χ0n) is 18.8. The Bertz CT molecular complexity index is 1030. The first-order chi connectivity index (χ1) is 15.3. The van der Waals surface area contributed by atoms with Crippen molar-refractivity contribution in [2.75, 3.05) is 17.2 Å². The second kappa shape index (κ2) is 8.03. The Balaban J connectivity index is 1.47. The maximum Gasteiger partial charge on any atom is 0.225 e. The van der Waals surface area contributed by atoms with Gasteiger partial charge in [0.2, 0.25) is 5.95 Å². The fourth-order valence-electron chi connectivity index (χ4n) is 5.81. The molecule has 2 fully saturated rings. The van der Waals surface area contributed by atoms with Crippen molar-refractivity contribution in [1.29, 1.82) is 0 Å². The van der Waals surface area contributed by atoms with E-state index < -0.39 is 11.4 Å². The molecule has 172 valence electrons. The maximum atomic E-state index is 15.3. The molecule has 1 aliphatic heterocycles. The standard InChI is InChI=1S/C23H31FN6O2/c1-12-7-14-9-15(11-23(3,31)10-14)19(12)26-22-27-20(16-5-4-6-32-16)18(24)21(28-22)25-17-8-13(2)29-30-17/h5,8,12,14-15,19,31H,4,6-7,9-11H2,1-3H3,(H3,25,26,27,28,29,30). The summed E-state index contributed by atoms with van der Waals surface area (Å²) in [5.41, 5.74) is 0.360. The quantitative estimate of drug-likeness (QED) is 0.551. The van der Waals surface area contributed by atoms with Crippen LogP contribution < -0.4 is 10.6 Å². The third-order valence-corrected chi connectivity index (χ3v) is 6.93. The van der Waals surface area contributed by atoms with E-state index in [1.54, 1.807) is 6.07 Å². The van der Waals surface area contributed by atoms with Gasteiger partial charge < -0.3 is 20.5 Å². The van der Waals surface area contributed by atoms with E-state index in [-0.39, 0.29) is 17.6 Å². The van der Waals surface area contributed by atoms with Gasteiger partial charge in [-0.2, -0.15) is 10.1 Å². The summed E-state index contributed by atoms with van der Waals surface area (Å²) in [7, 11) is 0. The molecule has 9 heteroatoms. The number of fused-ring (bicyclic) bond motifs is 2. The Morgan fingerprint density at radius 2 is 2.12 bits per heavy atom. The summed E-state index contributed by atoms with van der Waals surface area (Å²) in [4.78, 5) is 8.98. The van der Waals surface area contributed by atoms with Crippen LogP contribution in [0.5, 0.6) is 0 Å². The molecule has 8 nitrogen and oxygen atoms in total. The lowest BCUT2D eigenvalue weighted by atomic mass is 9.61. The van der Waals surface area contributed by atoms with Crippen LogP contribution in [0.25, 0.3) is 5.76 Å². The van der Waals surface area contributed by atoms with Gasteiger partial charge in [0, 0.05) is 24.2 Å². The molecule has 2 aromatic rings. The van der Waals surface area contributed by atoms with E-state index in [1.165, 1.54) is 0 Å². The third kappa shape index (κ3) is 4.18. The molecule has 0 aromatic carbocycles. The number of hydrogen-bond donors (Lipinski definition) is 4. The van der Waals surface area contributed by atoms with Crippen molar-refractivity contribution in [1.82, 2.24) is 20.2 Å². The minimum Gasteiger partial charge on any atom is -0.491 e. The zero-order chi connectivity index (χ0) is 22.5. The van der Waals surface area contributed by atoms with Gasteiger partial charge in [-0.3, -0.25) is 5.10 Å². The minimum absolute atomic E-state index is 0.0531. The average Bonchev–Trinajstić information content (AvgIpc) is 3.38. The number of aromatic amines is 1. The molecule has 5 atom stereocenters. The van der Waals surface area contributed by atoms with E-state index in [4.69, 9.17) is 4.74 Å². The van der Waals surface area contributed by atoms with Gasteiger partial charge in [-0.1, -0.05) is 6.92 Å². The van der Waals surface area contributed by atoms with Crippen molar-refractivity contribution in [3.63, 3.8) is 0 Å². The Kier molecular flexibility index (Phi) is 5.31. The number of hydrogen-bond acceptors (Lipinski definition) is 7. The fraction of sp³-hybridized carbons (Fsp3) is 0.609. The summed E-state index contributed by atoms with van der Waals surface area (Å²) in [5, 5.41) is 24.2. The number of rotatable bonds is 5. The second-order valence-electron chi connectivity index (χ2n) is 9.98. The summed E-state index contributed by atoms with van der Waals surface area (Å²) in [6.45, 7) is 6.56. The zero-order valence-corrected chi connectivity index (χ0v) is 18.8. The molecule has 0 radical (unpaired) electrons. The van der Waals surface area contributed by atoms with Crippen LogP contribution in [-0.4, -0.2) is 43.5 Å². The number of halogens is 1. The van der Waals surface area contributed by atoms with Crippen molar-refractivity contribution < 1.29 is 14.2 Å². The Morgan fingerprint density at radius 1 is 1.28 bits per heavy atom. The highest BCUT2D eigenvalue weighted by atomic mass is 19.1. The van der Waals surface area contributed by atoms with Crippen LogP contribution in [0.1, 0.15) is 57.3 Å². The lowest BCUT2D eigenvalue weighted by molar-refractivity contribution is -0.0502. The van der Waals surface area contributed by atoms with E-state index in [1.807, 2.05) is 19.9 Å². The molecule has 0 saturated heterocycles. The van der Waals surface area contributed by atoms with Gasteiger partial charge >= 0.3 is 0 Å². The summed E-state index contributed by atoms with van der Waals surface area (Å²) in [5.74, 6) is 2.02. The number of nitrogens with one attached hydrogen (secondary N) is 3. The first-order valence-electron chi connectivity index (χ1n) is 11.5. The van der Waals surface area contributed by atoms with Crippen molar-refractivity contribution in [2.24, 2.45) is 17.8 Å². The maximum absolute atomic E-state index is 15.3. The van der Waals surface area contributed by atoms with Crippen molar-refractivity contribution in [3.8, 4) is 0 Å². The largest absolute Gasteiger partial charge is 0.491 e. The summed E-state index contributed by atoms with van der Waals surface area (Å²) >= 11 is 0. The number of nitrogens with zero attached hydrogens (tertiary/aromatic N) is 3. The molecule has 5 unspecified atom stereocenters. The molecule has 4 N–H and O–H groups in total. The van der Waals surface area contributed by atoms with E-state index in [9.17, 15) is 5.11 Å². The van der Waals surface area contributed by atoms with Gasteiger partial charge in [0.25, 0.3) is 0 Å². The van der Waals surface area contributed by atoms with Crippen LogP contribution in [-0.2, 0) is 4.74 Å². The molecular formula is C23H31FN6O2. The van der Waals surface area contributed by atoms with Crippen LogP contribution in [0.2, 0.25) is 0 Å². The number of anilines is 3. The summed E-state index contributed by atoms with van der Waals surface area (Å²) in [6, 6.07) is 1.89. The van der Waals surface area contributed by atoms with Crippen LogP contribution in [0.15, 0.2) is 12.1 Å². The van der Waals surface area contributed by atoms with Gasteiger partial charge in [-0.05, 0) is 63.4 Å². The second-order valence-corrected chi connectivity index (χ2v) is 9.98. The lowest BCUT2D eigenvalue weighted by Gasteiger charge is -2.49. The smallest absolute Gasteiger partial charge is 0.225 e. The molecule has 5 rings (SSSR count). The number of aromatic nitrogens is 4. The van der Waals surface area contributed by atoms with Gasteiger partial charge in [0.15, 0.2) is 17.5 Å². The monoisotopic (exact) mass is 442 g/mol. The van der Waals surface area contributed by atoms with E-state index in [0.717, 1.165) is 37.8 Å². The molecule has 0 spiro atoms. The summed E-state index contributed by atoms with van der Waals surface area (Å²) in [6.07, 6.45) is 6.30. The van der Waals surface area contributed by atoms with Crippen LogP contribution in [0, 0.1) is 30.5 Å². The SMILES string of the molecule is Cc1cc(Nc2nc(NC3C(C)CC4CC3CC(C)(O)C4)nc(C3=CCCO3)c2F)n[nH]1. The Labute approximate surface area is 187 Å². The molecule has 0 amide bonds. The summed E-state index contributed by atoms with van der Waals surface area (Å²) < 4.78 is 21.0. The normalized spacial score (nSPS) is 31.7. The molecular weight excluding hydrogens is 411 g/mol. The Hall–Kier alpha value is -2.68. The van der Waals surface area contributed by atoms with Gasteiger partial charge in [-0.15, -0.1) is 0 Å². The van der Waals surface area contributed by atoms with E-state index in [2.05, 4.69) is 37.7 Å². The molecule has 3 aliphatic rings. The Morgan fingerprint density at radius 3 is 2.84 bits per heavy atom. The average molecular weight is 443 g/mol. The van der Waals surface area contributed by atoms with E-state index >= 15 is 4.39 Å². The molecule has 2 bridgehead atoms. The number of aliphatic hydroxyl groups is 1. The lowest BCUT2D eigenvalue weighted by Crippen LogP contribution is -2.50. The molecule has 3 heterocycles. The molecule has 2 aliphatic carbocycles. The van der Waals surface area contributed by atoms with Crippen LogP contribution >= 0.6 is 0 Å². The van der Waals surface area contributed by atoms with Crippen LogP contribution in [0.4, 0.5) is 22.0 Å². The van der Waals surface area contributed by atoms with Gasteiger partial charge in [0.05, 0.1) is 12.2 Å². The number of aryl methyl sites for hydroxylation is 1.